The molecule has 0 fully saturated rings. The van der Waals surface area contributed by atoms with Crippen molar-refractivity contribution in [2.24, 2.45) is 5.73 Å². The largest absolute Gasteiger partial charge is 0.320 e. The second kappa shape index (κ2) is 5.85. The van der Waals surface area contributed by atoms with Crippen LogP contribution < -0.4 is 11.1 Å². The monoisotopic (exact) mass is 280 g/mol. The first-order valence-corrected chi connectivity index (χ1v) is 6.50. The molecular formula is C12H13FN4OS. The molecule has 0 aliphatic rings. The molecule has 1 amide bonds. The molecule has 5 nitrogen and oxygen atoms in total. The van der Waals surface area contributed by atoms with Crippen molar-refractivity contribution in [2.75, 3.05) is 5.32 Å². The van der Waals surface area contributed by atoms with Gasteiger partial charge in [-0.2, -0.15) is 0 Å². The summed E-state index contributed by atoms with van der Waals surface area (Å²) >= 11 is 1.21. The smallest absolute Gasteiger partial charge is 0.242 e. The number of anilines is 1. The van der Waals surface area contributed by atoms with Crippen molar-refractivity contribution in [1.29, 1.82) is 0 Å². The molecular weight excluding hydrogens is 267 g/mol. The number of benzene rings is 1. The Morgan fingerprint density at radius 1 is 1.47 bits per heavy atom. The highest BCUT2D eigenvalue weighted by molar-refractivity contribution is 7.15. The summed E-state index contributed by atoms with van der Waals surface area (Å²) in [5.41, 5.74) is 5.97. The van der Waals surface area contributed by atoms with Gasteiger partial charge < -0.3 is 5.73 Å². The van der Waals surface area contributed by atoms with Crippen molar-refractivity contribution in [3.8, 4) is 0 Å². The quantitative estimate of drug-likeness (QED) is 0.890. The number of carbonyl (C=O) groups excluding carboxylic acids is 1. The van der Waals surface area contributed by atoms with E-state index in [2.05, 4.69) is 15.5 Å². The molecule has 1 aromatic heterocycles. The van der Waals surface area contributed by atoms with Crippen LogP contribution in [0, 0.1) is 5.82 Å². The van der Waals surface area contributed by atoms with Crippen molar-refractivity contribution in [3.63, 3.8) is 0 Å². The molecule has 0 radical (unpaired) electrons. The maximum Gasteiger partial charge on any atom is 0.242 e. The Bertz CT molecular complexity index is 585. The van der Waals surface area contributed by atoms with Gasteiger partial charge in [-0.05, 0) is 18.6 Å². The standard InChI is InChI=1S/C12H13FN4OS/c1-7(14)11(18)15-12-17-16-10(19-12)6-8-4-2-3-5-9(8)13/h2-5,7H,6,14H2,1H3,(H,15,17,18)/t7-/m0/s1. The Morgan fingerprint density at radius 3 is 2.89 bits per heavy atom. The van der Waals surface area contributed by atoms with Gasteiger partial charge in [-0.25, -0.2) is 4.39 Å². The van der Waals surface area contributed by atoms with E-state index in [4.69, 9.17) is 5.73 Å². The van der Waals surface area contributed by atoms with Crippen LogP contribution in [0.4, 0.5) is 9.52 Å². The van der Waals surface area contributed by atoms with E-state index >= 15 is 0 Å². The second-order valence-corrected chi connectivity index (χ2v) is 5.11. The third-order valence-electron chi connectivity index (χ3n) is 2.41. The van der Waals surface area contributed by atoms with Gasteiger partial charge in [0.1, 0.15) is 10.8 Å². The van der Waals surface area contributed by atoms with Crippen LogP contribution in [0.5, 0.6) is 0 Å². The molecule has 1 aromatic carbocycles. The number of carbonyl (C=O) groups is 1. The van der Waals surface area contributed by atoms with Gasteiger partial charge in [-0.1, -0.05) is 29.5 Å². The third-order valence-corrected chi connectivity index (χ3v) is 3.25. The summed E-state index contributed by atoms with van der Waals surface area (Å²) in [6.45, 7) is 1.58. The molecule has 1 heterocycles. The first-order chi connectivity index (χ1) is 9.06. The molecule has 2 rings (SSSR count). The lowest BCUT2D eigenvalue weighted by atomic mass is 10.1. The van der Waals surface area contributed by atoms with Crippen LogP contribution in [-0.4, -0.2) is 22.1 Å². The minimum absolute atomic E-state index is 0.279. The fraction of sp³-hybridized carbons (Fsp3) is 0.250. The average molecular weight is 280 g/mol. The van der Waals surface area contributed by atoms with Crippen LogP contribution in [0.3, 0.4) is 0 Å². The van der Waals surface area contributed by atoms with Gasteiger partial charge >= 0.3 is 0 Å². The summed E-state index contributed by atoms with van der Waals surface area (Å²) in [5.74, 6) is -0.604. The third kappa shape index (κ3) is 3.55. The molecule has 0 aliphatic heterocycles. The summed E-state index contributed by atoms with van der Waals surface area (Å²) in [5, 5.41) is 11.3. The molecule has 3 N–H and O–H groups in total. The summed E-state index contributed by atoms with van der Waals surface area (Å²) in [6, 6.07) is 5.87. The fourth-order valence-corrected chi connectivity index (χ4v) is 2.17. The molecule has 0 unspecified atom stereocenters. The Balaban J connectivity index is 2.06. The lowest BCUT2D eigenvalue weighted by Gasteiger charge is -2.02. The Labute approximate surface area is 113 Å². The SMILES string of the molecule is C[C@H](N)C(=O)Nc1nnc(Cc2ccccc2F)s1. The number of nitrogens with zero attached hydrogens (tertiary/aromatic N) is 2. The summed E-state index contributed by atoms with van der Waals surface area (Å²) in [6.07, 6.45) is 0.346. The van der Waals surface area contributed by atoms with E-state index in [-0.39, 0.29) is 11.7 Å². The predicted molar refractivity (Wildman–Crippen MR) is 71.4 cm³/mol. The summed E-state index contributed by atoms with van der Waals surface area (Å²) in [4.78, 5) is 11.4. The van der Waals surface area contributed by atoms with E-state index in [1.807, 2.05) is 0 Å². The van der Waals surface area contributed by atoms with Gasteiger partial charge in [0.25, 0.3) is 0 Å². The minimum atomic E-state index is -0.612. The normalized spacial score (nSPS) is 12.2. The number of rotatable bonds is 4. The number of hydrogen-bond acceptors (Lipinski definition) is 5. The highest BCUT2D eigenvalue weighted by atomic mass is 32.1. The zero-order valence-electron chi connectivity index (χ0n) is 10.3. The number of amides is 1. The van der Waals surface area contributed by atoms with Gasteiger partial charge in [0, 0.05) is 6.42 Å². The molecule has 19 heavy (non-hydrogen) atoms. The number of nitrogens with two attached hydrogens (primary N) is 1. The van der Waals surface area contributed by atoms with Crippen LogP contribution in [0.15, 0.2) is 24.3 Å². The van der Waals surface area contributed by atoms with Gasteiger partial charge in [0.2, 0.25) is 11.0 Å². The lowest BCUT2D eigenvalue weighted by Crippen LogP contribution is -2.32. The summed E-state index contributed by atoms with van der Waals surface area (Å²) in [7, 11) is 0. The van der Waals surface area contributed by atoms with Crippen molar-refractivity contribution in [1.82, 2.24) is 10.2 Å². The first-order valence-electron chi connectivity index (χ1n) is 5.68. The van der Waals surface area contributed by atoms with Crippen LogP contribution >= 0.6 is 11.3 Å². The second-order valence-electron chi connectivity index (χ2n) is 4.05. The fourth-order valence-electron chi connectivity index (χ4n) is 1.40. The van der Waals surface area contributed by atoms with Gasteiger partial charge in [0.05, 0.1) is 6.04 Å². The minimum Gasteiger partial charge on any atom is -0.320 e. The highest BCUT2D eigenvalue weighted by Gasteiger charge is 2.12. The Morgan fingerprint density at radius 2 is 2.21 bits per heavy atom. The number of nitrogens with one attached hydrogen (secondary N) is 1. The van der Waals surface area contributed by atoms with Crippen LogP contribution in [0.25, 0.3) is 0 Å². The topological polar surface area (TPSA) is 80.9 Å². The van der Waals surface area contributed by atoms with Gasteiger partial charge in [-0.15, -0.1) is 10.2 Å². The van der Waals surface area contributed by atoms with E-state index in [0.717, 1.165) is 0 Å². The van der Waals surface area contributed by atoms with Gasteiger partial charge in [0.15, 0.2) is 0 Å². The van der Waals surface area contributed by atoms with Crippen molar-refractivity contribution >= 4 is 22.4 Å². The van der Waals surface area contributed by atoms with E-state index in [1.54, 1.807) is 25.1 Å². The maximum absolute atomic E-state index is 13.5. The molecule has 0 aliphatic carbocycles. The molecule has 1 atom stereocenters. The number of aromatic nitrogens is 2. The van der Waals surface area contributed by atoms with Crippen LogP contribution in [0.2, 0.25) is 0 Å². The molecule has 0 saturated carbocycles. The van der Waals surface area contributed by atoms with E-state index in [9.17, 15) is 9.18 Å². The summed E-state index contributed by atoms with van der Waals surface area (Å²) < 4.78 is 13.5. The highest BCUT2D eigenvalue weighted by Crippen LogP contribution is 2.19. The average Bonchev–Trinajstić information content (AvgIpc) is 2.79. The van der Waals surface area contributed by atoms with Crippen LogP contribution in [-0.2, 0) is 11.2 Å². The molecule has 2 aromatic rings. The van der Waals surface area contributed by atoms with Crippen molar-refractivity contribution < 1.29 is 9.18 Å². The number of halogens is 1. The van der Waals surface area contributed by atoms with E-state index in [1.165, 1.54) is 17.4 Å². The molecule has 0 bridgehead atoms. The molecule has 0 spiro atoms. The Kier molecular flexibility index (Phi) is 4.18. The van der Waals surface area contributed by atoms with Crippen molar-refractivity contribution in [3.05, 3.63) is 40.7 Å². The predicted octanol–water partition coefficient (Wildman–Crippen LogP) is 1.55. The zero-order valence-corrected chi connectivity index (χ0v) is 11.1. The first kappa shape index (κ1) is 13.6. The number of hydrogen-bond donors (Lipinski definition) is 2. The van der Waals surface area contributed by atoms with E-state index in [0.29, 0.717) is 22.1 Å². The lowest BCUT2D eigenvalue weighted by molar-refractivity contribution is -0.117. The molecule has 0 saturated heterocycles. The zero-order chi connectivity index (χ0) is 13.8. The molecule has 7 heteroatoms. The van der Waals surface area contributed by atoms with Crippen LogP contribution in [0.1, 0.15) is 17.5 Å². The molecule has 100 valence electrons. The van der Waals surface area contributed by atoms with Gasteiger partial charge in [-0.3, -0.25) is 10.1 Å². The Hall–Kier alpha value is -1.86. The van der Waals surface area contributed by atoms with E-state index < -0.39 is 6.04 Å². The maximum atomic E-state index is 13.5. The van der Waals surface area contributed by atoms with Crippen molar-refractivity contribution in [2.45, 2.75) is 19.4 Å².